The van der Waals surface area contributed by atoms with E-state index in [1.807, 2.05) is 14.1 Å². The number of hydrogen-bond donors (Lipinski definition) is 1. The van der Waals surface area contributed by atoms with Gasteiger partial charge in [0.2, 0.25) is 10.0 Å². The molecule has 3 fully saturated rings. The van der Waals surface area contributed by atoms with Crippen LogP contribution in [0, 0.1) is 16.7 Å². The monoisotopic (exact) mass is 449 g/mol. The SMILES string of the molecule is CN(C)c1ccc(C(=O)NC2C(C)(C)[C@H]3CC[C@@]2(C)C3)cc1S(=O)(=O)N1CCOCC1. The lowest BCUT2D eigenvalue weighted by Gasteiger charge is -2.43. The minimum Gasteiger partial charge on any atom is -0.379 e. The van der Waals surface area contributed by atoms with E-state index < -0.39 is 10.0 Å². The van der Waals surface area contributed by atoms with Crippen molar-refractivity contribution < 1.29 is 17.9 Å². The number of morpholine rings is 1. The zero-order chi connectivity index (χ0) is 22.6. The second kappa shape index (κ2) is 7.74. The highest BCUT2D eigenvalue weighted by atomic mass is 32.2. The van der Waals surface area contributed by atoms with Crippen LogP contribution in [0.3, 0.4) is 0 Å². The average molecular weight is 450 g/mol. The summed E-state index contributed by atoms with van der Waals surface area (Å²) in [5.74, 6) is 0.423. The van der Waals surface area contributed by atoms with Gasteiger partial charge in [0.15, 0.2) is 0 Å². The van der Waals surface area contributed by atoms with Crippen molar-refractivity contribution in [1.29, 1.82) is 0 Å². The Bertz CT molecular complexity index is 964. The summed E-state index contributed by atoms with van der Waals surface area (Å²) in [5.41, 5.74) is 1.11. The third-order valence-electron chi connectivity index (χ3n) is 7.84. The van der Waals surface area contributed by atoms with E-state index >= 15 is 0 Å². The van der Waals surface area contributed by atoms with Crippen molar-refractivity contribution in [2.45, 2.75) is 51.0 Å². The molecule has 0 radical (unpaired) electrons. The molecule has 1 heterocycles. The van der Waals surface area contributed by atoms with E-state index in [9.17, 15) is 13.2 Å². The Hall–Kier alpha value is -1.64. The molecule has 1 aliphatic heterocycles. The minimum atomic E-state index is -3.73. The molecule has 1 aromatic carbocycles. The first-order valence-electron chi connectivity index (χ1n) is 11.2. The number of nitrogens with one attached hydrogen (secondary N) is 1. The van der Waals surface area contributed by atoms with Crippen LogP contribution in [0.2, 0.25) is 0 Å². The molecule has 1 aromatic rings. The maximum atomic E-state index is 13.4. The number of nitrogens with zero attached hydrogens (tertiary/aromatic N) is 2. The number of amides is 1. The molecule has 172 valence electrons. The van der Waals surface area contributed by atoms with E-state index in [0.717, 1.165) is 12.8 Å². The molecule has 2 bridgehead atoms. The maximum absolute atomic E-state index is 13.4. The van der Waals surface area contributed by atoms with Gasteiger partial charge < -0.3 is 15.0 Å². The van der Waals surface area contributed by atoms with Gasteiger partial charge in [-0.15, -0.1) is 0 Å². The molecule has 4 rings (SSSR count). The number of sulfonamides is 1. The molecule has 3 aliphatic rings. The Morgan fingerprint density at radius 1 is 1.19 bits per heavy atom. The van der Waals surface area contributed by atoms with Crippen molar-refractivity contribution in [3.8, 4) is 0 Å². The minimum absolute atomic E-state index is 0.0367. The number of anilines is 1. The third kappa shape index (κ3) is 3.76. The number of ether oxygens (including phenoxy) is 1. The van der Waals surface area contributed by atoms with Crippen molar-refractivity contribution in [3.05, 3.63) is 23.8 Å². The van der Waals surface area contributed by atoms with Crippen LogP contribution in [0.1, 0.15) is 50.4 Å². The molecule has 1 unspecified atom stereocenters. The molecule has 7 nitrogen and oxygen atoms in total. The Labute approximate surface area is 186 Å². The fourth-order valence-corrected chi connectivity index (χ4v) is 7.73. The standard InChI is InChI=1S/C23H35N3O4S/c1-22(2)17-8-9-23(3,15-17)21(22)24-20(27)16-6-7-18(25(4)5)19(14-16)31(28,29)26-10-12-30-13-11-26/h6-7,14,17,21H,8-13,15H2,1-5H3,(H,24,27)/t17-,21?,23-/m0/s1. The summed E-state index contributed by atoms with van der Waals surface area (Å²) in [7, 11) is -0.110. The fraction of sp³-hybridized carbons (Fsp3) is 0.696. The van der Waals surface area contributed by atoms with Gasteiger partial charge in [-0.2, -0.15) is 4.31 Å². The number of fused-ring (bicyclic) bond motifs is 2. The predicted octanol–water partition coefficient (Wildman–Crippen LogP) is 2.72. The van der Waals surface area contributed by atoms with Crippen LogP contribution < -0.4 is 10.2 Å². The maximum Gasteiger partial charge on any atom is 0.251 e. The lowest BCUT2D eigenvalue weighted by atomic mass is 9.68. The van der Waals surface area contributed by atoms with Crippen molar-refractivity contribution in [2.24, 2.45) is 16.7 Å². The van der Waals surface area contributed by atoms with Gasteiger partial charge in [-0.05, 0) is 54.2 Å². The highest BCUT2D eigenvalue weighted by Gasteiger charge is 2.59. The second-order valence-electron chi connectivity index (χ2n) is 10.4. The molecule has 1 amide bonds. The molecule has 3 atom stereocenters. The summed E-state index contributed by atoms with van der Waals surface area (Å²) >= 11 is 0. The quantitative estimate of drug-likeness (QED) is 0.748. The Balaban J connectivity index is 1.65. The molecule has 0 spiro atoms. The lowest BCUT2D eigenvalue weighted by molar-refractivity contribution is 0.0728. The van der Waals surface area contributed by atoms with Crippen LogP contribution in [0.4, 0.5) is 5.69 Å². The fourth-order valence-electron chi connectivity index (χ4n) is 6.03. The van der Waals surface area contributed by atoms with E-state index in [2.05, 4.69) is 26.1 Å². The van der Waals surface area contributed by atoms with Crippen LogP contribution in [0.15, 0.2) is 23.1 Å². The van der Waals surface area contributed by atoms with Crippen LogP contribution >= 0.6 is 0 Å². The summed E-state index contributed by atoms with van der Waals surface area (Å²) in [6, 6.07) is 5.08. The van der Waals surface area contributed by atoms with Crippen LogP contribution in [0.5, 0.6) is 0 Å². The first-order chi connectivity index (χ1) is 14.5. The number of hydrogen-bond acceptors (Lipinski definition) is 5. The Morgan fingerprint density at radius 2 is 1.87 bits per heavy atom. The van der Waals surface area contributed by atoms with Crippen LogP contribution in [0.25, 0.3) is 0 Å². The highest BCUT2D eigenvalue weighted by Crippen LogP contribution is 2.62. The number of carbonyl (C=O) groups excluding carboxylic acids is 1. The zero-order valence-electron chi connectivity index (χ0n) is 19.3. The molecule has 31 heavy (non-hydrogen) atoms. The smallest absolute Gasteiger partial charge is 0.251 e. The van der Waals surface area contributed by atoms with Gasteiger partial charge in [-0.25, -0.2) is 8.42 Å². The van der Waals surface area contributed by atoms with Gasteiger partial charge in [0, 0.05) is 38.8 Å². The normalized spacial score (nSPS) is 30.4. The van der Waals surface area contributed by atoms with Gasteiger partial charge in [0.25, 0.3) is 5.91 Å². The van der Waals surface area contributed by atoms with Gasteiger partial charge in [-0.1, -0.05) is 20.8 Å². The summed E-state index contributed by atoms with van der Waals surface area (Å²) < 4.78 is 33.6. The third-order valence-corrected chi connectivity index (χ3v) is 9.76. The summed E-state index contributed by atoms with van der Waals surface area (Å²) in [4.78, 5) is 15.2. The molecular formula is C23H35N3O4S. The molecule has 8 heteroatoms. The van der Waals surface area contributed by atoms with Gasteiger partial charge in [-0.3, -0.25) is 4.79 Å². The van der Waals surface area contributed by atoms with Gasteiger partial charge in [0.1, 0.15) is 4.90 Å². The zero-order valence-corrected chi connectivity index (χ0v) is 20.1. The Morgan fingerprint density at radius 3 is 2.45 bits per heavy atom. The van der Waals surface area contributed by atoms with Crippen molar-refractivity contribution >= 4 is 21.6 Å². The van der Waals surface area contributed by atoms with Gasteiger partial charge >= 0.3 is 0 Å². The summed E-state index contributed by atoms with van der Waals surface area (Å²) in [6.07, 6.45) is 3.48. The second-order valence-corrected chi connectivity index (χ2v) is 12.3. The van der Waals surface area contributed by atoms with Crippen molar-refractivity contribution in [2.75, 3.05) is 45.3 Å². The number of rotatable bonds is 5. The first kappa shape index (κ1) is 22.6. The topological polar surface area (TPSA) is 79.0 Å². The lowest BCUT2D eigenvalue weighted by Crippen LogP contribution is -2.52. The van der Waals surface area contributed by atoms with E-state index in [1.54, 1.807) is 17.0 Å². The van der Waals surface area contributed by atoms with E-state index in [0.29, 0.717) is 43.5 Å². The molecular weight excluding hydrogens is 414 g/mol. The summed E-state index contributed by atoms with van der Waals surface area (Å²) in [5, 5.41) is 3.28. The number of benzene rings is 1. The molecule has 2 saturated carbocycles. The predicted molar refractivity (Wildman–Crippen MR) is 121 cm³/mol. The molecule has 2 aliphatic carbocycles. The first-order valence-corrected chi connectivity index (χ1v) is 12.6. The largest absolute Gasteiger partial charge is 0.379 e. The van der Waals surface area contributed by atoms with Crippen LogP contribution in [-0.2, 0) is 14.8 Å². The molecule has 0 aromatic heterocycles. The molecule has 1 saturated heterocycles. The average Bonchev–Trinajstić information content (AvgIpc) is 3.22. The molecule has 1 N–H and O–H groups in total. The van der Waals surface area contributed by atoms with E-state index in [1.165, 1.54) is 16.8 Å². The Kier molecular flexibility index (Phi) is 5.63. The van der Waals surface area contributed by atoms with E-state index in [4.69, 9.17) is 4.74 Å². The van der Waals surface area contributed by atoms with Crippen molar-refractivity contribution in [3.63, 3.8) is 0 Å². The van der Waals surface area contributed by atoms with Crippen molar-refractivity contribution in [1.82, 2.24) is 9.62 Å². The van der Waals surface area contributed by atoms with E-state index in [-0.39, 0.29) is 27.7 Å². The van der Waals surface area contributed by atoms with Crippen LogP contribution in [-0.4, -0.2) is 65.1 Å². The highest BCUT2D eigenvalue weighted by molar-refractivity contribution is 7.89. The summed E-state index contributed by atoms with van der Waals surface area (Å²) in [6.45, 7) is 8.17. The van der Waals surface area contributed by atoms with Gasteiger partial charge in [0.05, 0.1) is 18.9 Å². The number of carbonyl (C=O) groups is 1.